The van der Waals surface area contributed by atoms with Crippen LogP contribution in [0.15, 0.2) is 65.7 Å². The molecule has 4 rings (SSSR count). The van der Waals surface area contributed by atoms with Crippen LogP contribution in [0, 0.1) is 6.92 Å². The van der Waals surface area contributed by atoms with Gasteiger partial charge in [0.15, 0.2) is 11.6 Å². The number of carbonyl (C=O) groups excluding carboxylic acids is 1. The Hall–Kier alpha value is -3.23. The number of benzene rings is 2. The van der Waals surface area contributed by atoms with Gasteiger partial charge >= 0.3 is 0 Å². The summed E-state index contributed by atoms with van der Waals surface area (Å²) in [6.45, 7) is 2.12. The third-order valence-electron chi connectivity index (χ3n) is 4.67. The molecular formula is C21H19N3O4S. The molecule has 3 aromatic rings. The zero-order chi connectivity index (χ0) is 20.6. The van der Waals surface area contributed by atoms with Crippen LogP contribution in [-0.2, 0) is 16.6 Å². The minimum Gasteiger partial charge on any atom is -0.453 e. The lowest BCUT2D eigenvalue weighted by atomic mass is 10.2. The van der Waals surface area contributed by atoms with Gasteiger partial charge in [-0.25, -0.2) is 18.1 Å². The molecule has 0 radical (unpaired) electrons. The first-order valence-corrected chi connectivity index (χ1v) is 10.4. The summed E-state index contributed by atoms with van der Waals surface area (Å²) in [5.41, 5.74) is 2.10. The van der Waals surface area contributed by atoms with E-state index in [1.165, 1.54) is 23.1 Å². The van der Waals surface area contributed by atoms with Crippen LogP contribution in [0.3, 0.4) is 0 Å². The Kier molecular flexibility index (Phi) is 4.81. The van der Waals surface area contributed by atoms with E-state index in [0.717, 1.165) is 11.1 Å². The molecule has 2 heterocycles. The smallest absolute Gasteiger partial charge is 0.263 e. The highest BCUT2D eigenvalue weighted by molar-refractivity contribution is 7.89. The van der Waals surface area contributed by atoms with E-state index in [4.69, 9.17) is 4.74 Å². The minimum atomic E-state index is -3.81. The minimum absolute atomic E-state index is 0.00683. The van der Waals surface area contributed by atoms with E-state index in [1.807, 2.05) is 31.2 Å². The van der Waals surface area contributed by atoms with E-state index in [-0.39, 0.29) is 22.8 Å². The van der Waals surface area contributed by atoms with E-state index in [0.29, 0.717) is 11.6 Å². The van der Waals surface area contributed by atoms with Crippen LogP contribution in [-0.4, -0.2) is 26.4 Å². The number of carbonyl (C=O) groups is 1. The van der Waals surface area contributed by atoms with Crippen molar-refractivity contribution in [1.29, 1.82) is 0 Å². The van der Waals surface area contributed by atoms with Crippen molar-refractivity contribution >= 4 is 21.7 Å². The van der Waals surface area contributed by atoms with Crippen molar-refractivity contribution in [3.8, 4) is 11.5 Å². The molecular weight excluding hydrogens is 390 g/mol. The molecule has 29 heavy (non-hydrogen) atoms. The lowest BCUT2D eigenvalue weighted by Crippen LogP contribution is -2.27. The van der Waals surface area contributed by atoms with Crippen LogP contribution in [0.5, 0.6) is 11.5 Å². The Morgan fingerprint density at radius 3 is 2.59 bits per heavy atom. The number of rotatable bonds is 4. The van der Waals surface area contributed by atoms with Crippen LogP contribution < -0.4 is 14.4 Å². The molecule has 0 bridgehead atoms. The fourth-order valence-corrected chi connectivity index (χ4v) is 4.05. The molecule has 0 saturated carbocycles. The Bertz CT molecular complexity index is 1190. The molecule has 148 valence electrons. The van der Waals surface area contributed by atoms with Crippen molar-refractivity contribution in [3.63, 3.8) is 0 Å². The number of pyridine rings is 1. The van der Waals surface area contributed by atoms with E-state index < -0.39 is 15.9 Å². The molecule has 0 spiro atoms. The maximum Gasteiger partial charge on any atom is 0.263 e. The van der Waals surface area contributed by atoms with Gasteiger partial charge in [-0.05, 0) is 42.8 Å². The van der Waals surface area contributed by atoms with Crippen LogP contribution in [0.1, 0.15) is 21.5 Å². The average molecular weight is 409 g/mol. The lowest BCUT2D eigenvalue weighted by Gasteiger charge is -2.14. The van der Waals surface area contributed by atoms with Gasteiger partial charge in [-0.3, -0.25) is 9.69 Å². The third kappa shape index (κ3) is 3.72. The number of anilines is 1. The monoisotopic (exact) mass is 409 g/mol. The van der Waals surface area contributed by atoms with Crippen LogP contribution in [0.2, 0.25) is 0 Å². The normalized spacial score (nSPS) is 13.3. The predicted octanol–water partition coefficient (Wildman–Crippen LogP) is 3.25. The number of aryl methyl sites for hydroxylation is 1. The Morgan fingerprint density at radius 2 is 1.83 bits per heavy atom. The Labute approximate surface area is 169 Å². The molecule has 1 aliphatic rings. The number of aromatic nitrogens is 1. The molecule has 0 saturated heterocycles. The summed E-state index contributed by atoms with van der Waals surface area (Å²) in [6.07, 6.45) is 1.56. The van der Waals surface area contributed by atoms with Gasteiger partial charge in [0.2, 0.25) is 10.0 Å². The van der Waals surface area contributed by atoms with Gasteiger partial charge < -0.3 is 4.74 Å². The maximum absolute atomic E-state index is 12.9. The van der Waals surface area contributed by atoms with Gasteiger partial charge in [0.1, 0.15) is 5.75 Å². The first-order valence-electron chi connectivity index (χ1n) is 8.95. The van der Waals surface area contributed by atoms with Gasteiger partial charge in [0.05, 0.1) is 10.5 Å². The van der Waals surface area contributed by atoms with Crippen LogP contribution >= 0.6 is 0 Å². The topological polar surface area (TPSA) is 88.6 Å². The third-order valence-corrected chi connectivity index (χ3v) is 6.07. The van der Waals surface area contributed by atoms with Crippen molar-refractivity contribution in [3.05, 3.63) is 77.5 Å². The number of nitrogens with zero attached hydrogens (tertiary/aromatic N) is 2. The molecule has 8 heteroatoms. The first kappa shape index (κ1) is 19.1. The molecule has 7 nitrogen and oxygen atoms in total. The van der Waals surface area contributed by atoms with E-state index in [2.05, 4.69) is 9.71 Å². The zero-order valence-corrected chi connectivity index (χ0v) is 16.7. The quantitative estimate of drug-likeness (QED) is 0.715. The van der Waals surface area contributed by atoms with Gasteiger partial charge in [-0.2, -0.15) is 0 Å². The van der Waals surface area contributed by atoms with Crippen molar-refractivity contribution in [2.45, 2.75) is 18.4 Å². The number of sulfonamides is 1. The number of ether oxygens (including phenoxy) is 1. The van der Waals surface area contributed by atoms with E-state index in [1.54, 1.807) is 25.4 Å². The Balaban J connectivity index is 1.64. The molecule has 1 N–H and O–H groups in total. The average Bonchev–Trinajstić information content (AvgIpc) is 2.82. The summed E-state index contributed by atoms with van der Waals surface area (Å²) in [6, 6.07) is 15.2. The fourth-order valence-electron chi connectivity index (χ4n) is 3.01. The molecule has 0 aliphatic carbocycles. The Morgan fingerprint density at radius 1 is 1.07 bits per heavy atom. The predicted molar refractivity (Wildman–Crippen MR) is 109 cm³/mol. The van der Waals surface area contributed by atoms with Crippen LogP contribution in [0.25, 0.3) is 0 Å². The summed E-state index contributed by atoms with van der Waals surface area (Å²) >= 11 is 0. The summed E-state index contributed by atoms with van der Waals surface area (Å²) in [4.78, 5) is 18.4. The van der Waals surface area contributed by atoms with Gasteiger partial charge in [-0.15, -0.1) is 0 Å². The maximum atomic E-state index is 12.9. The van der Waals surface area contributed by atoms with Crippen molar-refractivity contribution in [2.75, 3.05) is 11.9 Å². The summed E-state index contributed by atoms with van der Waals surface area (Å²) in [5.74, 6) is 0.685. The number of nitrogens with one attached hydrogen (secondary N) is 1. The van der Waals surface area contributed by atoms with Gasteiger partial charge in [0, 0.05) is 19.8 Å². The summed E-state index contributed by atoms with van der Waals surface area (Å²) in [7, 11) is -2.24. The van der Waals surface area contributed by atoms with Crippen molar-refractivity contribution < 1.29 is 17.9 Å². The molecule has 2 aromatic carbocycles. The standard InChI is InChI=1S/C21H19N3O4S/c1-14-5-7-15(8-6-14)13-23-29(26,27)16-9-10-18-17(12-16)21(25)24(2)20-19(28-18)4-3-11-22-20/h3-12,23H,13H2,1-2H3. The van der Waals surface area contributed by atoms with Gasteiger partial charge in [0.25, 0.3) is 5.91 Å². The second kappa shape index (κ2) is 7.31. The highest BCUT2D eigenvalue weighted by atomic mass is 32.2. The van der Waals surface area contributed by atoms with E-state index in [9.17, 15) is 13.2 Å². The number of fused-ring (bicyclic) bond motifs is 2. The summed E-state index contributed by atoms with van der Waals surface area (Å²) < 4.78 is 33.9. The van der Waals surface area contributed by atoms with Crippen molar-refractivity contribution in [1.82, 2.24) is 9.71 Å². The molecule has 1 aromatic heterocycles. The highest BCUT2D eigenvalue weighted by Crippen LogP contribution is 2.37. The largest absolute Gasteiger partial charge is 0.453 e. The van der Waals surface area contributed by atoms with E-state index >= 15 is 0 Å². The first-order chi connectivity index (χ1) is 13.8. The fraction of sp³-hybridized carbons (Fsp3) is 0.143. The van der Waals surface area contributed by atoms with Gasteiger partial charge in [-0.1, -0.05) is 29.8 Å². The molecule has 0 unspecified atom stereocenters. The summed E-state index contributed by atoms with van der Waals surface area (Å²) in [5, 5.41) is 0. The van der Waals surface area contributed by atoms with Crippen molar-refractivity contribution in [2.24, 2.45) is 0 Å². The lowest BCUT2D eigenvalue weighted by molar-refractivity contribution is 0.0992. The highest BCUT2D eigenvalue weighted by Gasteiger charge is 2.28. The molecule has 0 fully saturated rings. The number of hydrogen-bond donors (Lipinski definition) is 1. The SMILES string of the molecule is Cc1ccc(CNS(=O)(=O)c2ccc3c(c2)C(=O)N(C)c2ncccc2O3)cc1. The number of amides is 1. The number of hydrogen-bond acceptors (Lipinski definition) is 5. The zero-order valence-electron chi connectivity index (χ0n) is 15.9. The van der Waals surface area contributed by atoms with Crippen LogP contribution in [0.4, 0.5) is 5.82 Å². The molecule has 1 aliphatic heterocycles. The molecule has 1 amide bonds. The molecule has 0 atom stereocenters. The second-order valence-electron chi connectivity index (χ2n) is 6.76. The second-order valence-corrected chi connectivity index (χ2v) is 8.53.